The van der Waals surface area contributed by atoms with Gasteiger partial charge in [-0.1, -0.05) is 6.92 Å². The minimum Gasteiger partial charge on any atom is -0.396 e. The molecule has 2 heteroatoms. The molecule has 0 aliphatic carbocycles. The van der Waals surface area contributed by atoms with E-state index in [1.54, 1.807) is 0 Å². The molecule has 0 aliphatic heterocycles. The maximum atomic E-state index is 8.00. The minimum absolute atomic E-state index is 0. The molecule has 0 heterocycles. The first-order chi connectivity index (χ1) is 2.91. The Labute approximate surface area is 39.3 Å². The third-order valence-corrected chi connectivity index (χ3v) is 0.224. The smallest absolute Gasteiger partial charge is 0.106 e. The van der Waals surface area contributed by atoms with Crippen molar-refractivity contribution in [1.29, 1.82) is 0 Å². The van der Waals surface area contributed by atoms with Crippen molar-refractivity contribution in [3.63, 3.8) is 0 Å². The number of rotatable bonds is 1. The van der Waals surface area contributed by atoms with Crippen LogP contribution in [0.25, 0.3) is 0 Å². The van der Waals surface area contributed by atoms with Crippen LogP contribution < -0.4 is 0 Å². The van der Waals surface area contributed by atoms with Crippen LogP contribution in [0.15, 0.2) is 0 Å². The molecule has 0 atom stereocenters. The second kappa shape index (κ2) is 23.0. The summed E-state index contributed by atoms with van der Waals surface area (Å²) < 4.78 is 0. The van der Waals surface area contributed by atoms with E-state index < -0.39 is 0 Å². The third kappa shape index (κ3) is 63.3. The average Bonchev–Trinajstić information content (AvgIpc) is 1.72. The lowest BCUT2D eigenvalue weighted by Crippen LogP contribution is -1.69. The first kappa shape index (κ1) is 9.16. The summed E-state index contributed by atoms with van der Waals surface area (Å²) in [7, 11) is 0. The number of hydrogen-bond acceptors (Lipinski definition) is 2. The van der Waals surface area contributed by atoms with Gasteiger partial charge >= 0.3 is 0 Å². The van der Waals surface area contributed by atoms with E-state index in [1.165, 1.54) is 0 Å². The summed E-state index contributed by atoms with van der Waals surface area (Å²) in [6.45, 7) is 4.25. The first-order valence-electron chi connectivity index (χ1n) is 1.81. The second-order valence-corrected chi connectivity index (χ2v) is 0.724. The van der Waals surface area contributed by atoms with Gasteiger partial charge in [-0.2, -0.15) is 0 Å². The van der Waals surface area contributed by atoms with Crippen molar-refractivity contribution < 1.29 is 11.3 Å². The van der Waals surface area contributed by atoms with Gasteiger partial charge in [-0.25, -0.2) is 0 Å². The molecule has 40 valence electrons. The van der Waals surface area contributed by atoms with E-state index in [9.17, 15) is 0 Å². The molecule has 0 amide bonds. The maximum Gasteiger partial charge on any atom is 0.106 e. The van der Waals surface area contributed by atoms with Crippen LogP contribution in [0.2, 0.25) is 0 Å². The molecule has 0 aromatic rings. The molecule has 0 aromatic heterocycles. The van der Waals surface area contributed by atoms with Gasteiger partial charge in [0.25, 0.3) is 0 Å². The fourth-order valence-electron chi connectivity index (χ4n) is 0. The minimum atomic E-state index is 0. The highest BCUT2D eigenvalue weighted by molar-refractivity contribution is 5.10. The molecule has 0 spiro atoms. The van der Waals surface area contributed by atoms with Gasteiger partial charge in [-0.05, 0) is 6.42 Å². The summed E-state index contributed by atoms with van der Waals surface area (Å²) in [5, 5.41) is 7.88. The van der Waals surface area contributed by atoms with Crippen LogP contribution in [0, 0.1) is 0 Å². The van der Waals surface area contributed by atoms with Crippen molar-refractivity contribution in [2.75, 3.05) is 6.61 Å². The monoisotopic (exact) mass is 92.1 g/mol. The Balaban J connectivity index is -0.0000000480. The SMILES string of the molecule is C=O.CCCO.[HH]. The lowest BCUT2D eigenvalue weighted by molar-refractivity contribution is -0.0979. The number of hydrogen-bond donors (Lipinski definition) is 1. The molecule has 0 radical (unpaired) electrons. The van der Waals surface area contributed by atoms with E-state index in [-0.39, 0.29) is 1.43 Å². The molecule has 0 aromatic carbocycles. The first-order valence-corrected chi connectivity index (χ1v) is 1.81. The highest BCUT2D eigenvalue weighted by atomic mass is 16.2. The lowest BCUT2D eigenvalue weighted by Gasteiger charge is -1.69. The van der Waals surface area contributed by atoms with Gasteiger partial charge in [0.15, 0.2) is 0 Å². The molecule has 0 rings (SSSR count). The Morgan fingerprint density at radius 2 is 2.00 bits per heavy atom. The molecule has 0 bridgehead atoms. The van der Waals surface area contributed by atoms with Crippen LogP contribution in [0.4, 0.5) is 0 Å². The van der Waals surface area contributed by atoms with E-state index in [0.29, 0.717) is 6.61 Å². The van der Waals surface area contributed by atoms with Gasteiger partial charge in [-0.15, -0.1) is 0 Å². The summed E-state index contributed by atoms with van der Waals surface area (Å²) in [5.74, 6) is 0. The van der Waals surface area contributed by atoms with Gasteiger partial charge in [0.2, 0.25) is 0 Å². The van der Waals surface area contributed by atoms with Crippen molar-refractivity contribution in [3.05, 3.63) is 0 Å². The Bertz CT molecular complexity index is 17.2. The van der Waals surface area contributed by atoms with Crippen LogP contribution >= 0.6 is 0 Å². The van der Waals surface area contributed by atoms with Gasteiger partial charge in [0.1, 0.15) is 6.79 Å². The molecular formula is C4H12O2. The summed E-state index contributed by atoms with van der Waals surface area (Å²) >= 11 is 0. The van der Waals surface area contributed by atoms with Crippen LogP contribution in [-0.2, 0) is 4.79 Å². The molecule has 2 nitrogen and oxygen atoms in total. The number of carbonyl (C=O) groups excluding carboxylic acids is 1. The van der Waals surface area contributed by atoms with Crippen LogP contribution in [0.1, 0.15) is 14.8 Å². The Hall–Kier alpha value is -0.370. The third-order valence-electron chi connectivity index (χ3n) is 0.224. The summed E-state index contributed by atoms with van der Waals surface area (Å²) in [4.78, 5) is 8.00. The van der Waals surface area contributed by atoms with Crippen LogP contribution in [0.3, 0.4) is 0 Å². The van der Waals surface area contributed by atoms with Crippen molar-refractivity contribution in [2.45, 2.75) is 13.3 Å². The normalized spacial score (nSPS) is 5.67. The fraction of sp³-hybridized carbons (Fsp3) is 0.750. The van der Waals surface area contributed by atoms with Gasteiger partial charge in [-0.3, -0.25) is 0 Å². The van der Waals surface area contributed by atoms with Gasteiger partial charge < -0.3 is 9.90 Å². The summed E-state index contributed by atoms with van der Waals surface area (Å²) in [6, 6.07) is 0. The molecular weight excluding hydrogens is 80.0 g/mol. The molecule has 0 saturated carbocycles. The van der Waals surface area contributed by atoms with E-state index in [4.69, 9.17) is 9.90 Å². The number of carbonyl (C=O) groups is 1. The van der Waals surface area contributed by atoms with Crippen molar-refractivity contribution in [1.82, 2.24) is 0 Å². The zero-order valence-corrected chi connectivity index (χ0v) is 3.98. The highest BCUT2D eigenvalue weighted by Crippen LogP contribution is 1.61. The van der Waals surface area contributed by atoms with E-state index in [1.807, 2.05) is 13.7 Å². The molecule has 0 unspecified atom stereocenters. The summed E-state index contributed by atoms with van der Waals surface area (Å²) in [6.07, 6.45) is 0.875. The van der Waals surface area contributed by atoms with Crippen LogP contribution in [0.5, 0.6) is 0 Å². The molecule has 6 heavy (non-hydrogen) atoms. The van der Waals surface area contributed by atoms with Crippen molar-refractivity contribution in [2.24, 2.45) is 0 Å². The molecule has 0 saturated heterocycles. The predicted octanol–water partition coefficient (Wildman–Crippen LogP) is 0.450. The largest absolute Gasteiger partial charge is 0.396 e. The summed E-state index contributed by atoms with van der Waals surface area (Å²) in [5.41, 5.74) is 0. The Kier molecular flexibility index (Phi) is 35.1. The average molecular weight is 92.1 g/mol. The fourth-order valence-corrected chi connectivity index (χ4v) is 0. The molecule has 1 N–H and O–H groups in total. The molecule has 0 aliphatic rings. The lowest BCUT2D eigenvalue weighted by atomic mass is 10.5. The standard InChI is InChI=1S/C3H8O.CH2O.H2/c1-2-3-4;1-2;/h4H,2-3H2,1H3;1H2;1H. The molecule has 0 fully saturated rings. The van der Waals surface area contributed by atoms with E-state index in [2.05, 4.69) is 0 Å². The van der Waals surface area contributed by atoms with Gasteiger partial charge in [0, 0.05) is 8.03 Å². The second-order valence-electron chi connectivity index (χ2n) is 0.724. The topological polar surface area (TPSA) is 37.3 Å². The number of aliphatic hydroxyl groups excluding tert-OH is 1. The van der Waals surface area contributed by atoms with E-state index in [0.717, 1.165) is 6.42 Å². The van der Waals surface area contributed by atoms with Crippen molar-refractivity contribution in [3.8, 4) is 0 Å². The quantitative estimate of drug-likeness (QED) is 0.510. The van der Waals surface area contributed by atoms with Crippen molar-refractivity contribution >= 4 is 6.79 Å². The highest BCUT2D eigenvalue weighted by Gasteiger charge is 1.57. The van der Waals surface area contributed by atoms with Gasteiger partial charge in [0.05, 0.1) is 0 Å². The van der Waals surface area contributed by atoms with E-state index >= 15 is 0 Å². The number of aliphatic hydroxyl groups is 1. The zero-order valence-electron chi connectivity index (χ0n) is 3.98. The zero-order chi connectivity index (χ0) is 5.41. The Morgan fingerprint density at radius 3 is 2.00 bits per heavy atom. The predicted molar refractivity (Wildman–Crippen MR) is 26.6 cm³/mol. The maximum absolute atomic E-state index is 8.00. The Morgan fingerprint density at radius 1 is 1.83 bits per heavy atom. The van der Waals surface area contributed by atoms with Crippen LogP contribution in [-0.4, -0.2) is 18.5 Å².